The number of fused-ring (bicyclic) bond motifs is 2. The first kappa shape index (κ1) is 33.6. The zero-order chi connectivity index (χ0) is 35.8. The molecule has 0 saturated carbocycles. The summed E-state index contributed by atoms with van der Waals surface area (Å²) in [6.07, 6.45) is -12.0. The Kier molecular flexibility index (Phi) is 7.79. The van der Waals surface area contributed by atoms with Crippen LogP contribution in [-0.4, -0.2) is 46.5 Å². The van der Waals surface area contributed by atoms with Crippen molar-refractivity contribution in [3.63, 3.8) is 0 Å². The minimum absolute atomic E-state index is 0.120. The van der Waals surface area contributed by atoms with Crippen molar-refractivity contribution < 1.29 is 55.1 Å². The van der Waals surface area contributed by atoms with Crippen LogP contribution in [0.3, 0.4) is 0 Å². The molecule has 6 rings (SSSR count). The monoisotopic (exact) mass is 718 g/mol. The van der Waals surface area contributed by atoms with Crippen molar-refractivity contribution in [2.45, 2.75) is 17.8 Å². The van der Waals surface area contributed by atoms with Gasteiger partial charge in [0.05, 0.1) is 33.6 Å². The van der Waals surface area contributed by atoms with Gasteiger partial charge in [0.2, 0.25) is 5.41 Å². The molecular weight excluding hydrogens is 705 g/mol. The molecule has 8 nitrogen and oxygen atoms in total. The summed E-state index contributed by atoms with van der Waals surface area (Å²) in [6.45, 7) is 0. The Bertz CT molecular complexity index is 1990. The first-order chi connectivity index (χ1) is 22.9. The maximum Gasteiger partial charge on any atom is 0.411 e. The number of carbonyl (C=O) groups excluding carboxylic acids is 6. The van der Waals surface area contributed by atoms with Crippen molar-refractivity contribution in [2.24, 2.45) is 0 Å². The fraction of sp³-hybridized carbons (Fsp3) is 0.0909. The van der Waals surface area contributed by atoms with Crippen molar-refractivity contribution >= 4 is 68.7 Å². The summed E-state index contributed by atoms with van der Waals surface area (Å²) in [4.78, 5) is 76.1. The average Bonchev–Trinajstić information content (AvgIpc) is 3.44. The lowest BCUT2D eigenvalue weighted by Gasteiger charge is -2.38. The molecule has 4 aromatic rings. The molecule has 16 heteroatoms. The van der Waals surface area contributed by atoms with Gasteiger partial charge >= 0.3 is 12.4 Å². The number of carbonyl (C=O) groups is 6. The zero-order valence-electron chi connectivity index (χ0n) is 24.0. The Morgan fingerprint density at radius 1 is 0.469 bits per heavy atom. The van der Waals surface area contributed by atoms with E-state index in [1.165, 1.54) is 12.1 Å². The van der Waals surface area contributed by atoms with Gasteiger partial charge in [-0.1, -0.05) is 24.3 Å². The smallest absolute Gasteiger partial charge is 0.276 e. The molecule has 0 unspecified atom stereocenters. The van der Waals surface area contributed by atoms with E-state index < -0.39 is 63.0 Å². The van der Waals surface area contributed by atoms with Gasteiger partial charge in [-0.25, -0.2) is 9.80 Å². The fourth-order valence-electron chi connectivity index (χ4n) is 5.90. The molecule has 2 aliphatic heterocycles. The van der Waals surface area contributed by atoms with Gasteiger partial charge in [-0.05, 0) is 95.0 Å². The minimum Gasteiger partial charge on any atom is -0.276 e. The van der Waals surface area contributed by atoms with Gasteiger partial charge in [0, 0.05) is 11.1 Å². The Labute approximate surface area is 280 Å². The molecule has 49 heavy (non-hydrogen) atoms. The molecule has 0 saturated heterocycles. The highest BCUT2D eigenvalue weighted by molar-refractivity contribution is 6.68. The van der Waals surface area contributed by atoms with Gasteiger partial charge in [0.15, 0.2) is 0 Å². The molecule has 248 valence electrons. The summed E-state index contributed by atoms with van der Waals surface area (Å²) >= 11 is 10.9. The maximum atomic E-state index is 14.8. The number of hydrogen-bond acceptors (Lipinski definition) is 6. The van der Waals surface area contributed by atoms with Crippen LogP contribution in [0.15, 0.2) is 84.9 Å². The summed E-state index contributed by atoms with van der Waals surface area (Å²) in [5.41, 5.74) is -9.08. The van der Waals surface area contributed by atoms with Crippen LogP contribution in [0.1, 0.15) is 73.3 Å². The van der Waals surface area contributed by atoms with Crippen LogP contribution in [-0.2, 0) is 5.41 Å². The van der Waals surface area contributed by atoms with E-state index in [4.69, 9.17) is 23.2 Å². The normalized spacial score (nSPS) is 14.8. The van der Waals surface area contributed by atoms with Crippen molar-refractivity contribution in [3.05, 3.63) is 129 Å². The average molecular weight is 719 g/mol. The van der Waals surface area contributed by atoms with E-state index in [2.05, 4.69) is 0 Å². The lowest BCUT2D eigenvalue weighted by molar-refractivity contribution is -0.288. The van der Waals surface area contributed by atoms with Crippen LogP contribution in [0.2, 0.25) is 0 Å². The van der Waals surface area contributed by atoms with Crippen molar-refractivity contribution in [1.29, 1.82) is 0 Å². The molecule has 2 aliphatic rings. The highest BCUT2D eigenvalue weighted by Gasteiger charge is 2.72. The van der Waals surface area contributed by atoms with Gasteiger partial charge in [-0.2, -0.15) is 26.3 Å². The van der Waals surface area contributed by atoms with Crippen LogP contribution >= 0.6 is 23.2 Å². The Hall–Kier alpha value is -5.34. The zero-order valence-corrected chi connectivity index (χ0v) is 25.5. The van der Waals surface area contributed by atoms with E-state index in [1.807, 2.05) is 0 Å². The third-order valence-electron chi connectivity index (χ3n) is 8.19. The largest absolute Gasteiger partial charge is 0.411 e. The number of anilines is 2. The van der Waals surface area contributed by atoms with Crippen LogP contribution in [0.25, 0.3) is 0 Å². The summed E-state index contributed by atoms with van der Waals surface area (Å²) in [5.74, 6) is -3.85. The quantitative estimate of drug-likeness (QED) is 0.116. The molecular formula is C33H14Cl2F6N2O6. The second-order valence-electron chi connectivity index (χ2n) is 10.8. The van der Waals surface area contributed by atoms with Gasteiger partial charge in [-0.15, -0.1) is 0 Å². The van der Waals surface area contributed by atoms with Crippen LogP contribution in [0.4, 0.5) is 37.7 Å². The fourth-order valence-corrected chi connectivity index (χ4v) is 6.13. The van der Waals surface area contributed by atoms with E-state index in [0.717, 1.165) is 48.5 Å². The maximum absolute atomic E-state index is 14.8. The first-order valence-electron chi connectivity index (χ1n) is 13.7. The third kappa shape index (κ3) is 5.01. The van der Waals surface area contributed by atoms with Crippen LogP contribution < -0.4 is 9.80 Å². The van der Waals surface area contributed by atoms with Gasteiger partial charge in [-0.3, -0.25) is 28.8 Å². The molecule has 0 atom stereocenters. The van der Waals surface area contributed by atoms with E-state index in [0.29, 0.717) is 34.1 Å². The number of alkyl halides is 6. The van der Waals surface area contributed by atoms with Crippen molar-refractivity contribution in [3.8, 4) is 0 Å². The van der Waals surface area contributed by atoms with E-state index in [1.54, 1.807) is 0 Å². The lowest BCUT2D eigenvalue weighted by Crippen LogP contribution is -2.54. The van der Waals surface area contributed by atoms with Gasteiger partial charge < -0.3 is 0 Å². The Balaban J connectivity index is 1.39. The molecule has 2 heterocycles. The Morgan fingerprint density at radius 3 is 1.06 bits per heavy atom. The number of halogens is 8. The summed E-state index contributed by atoms with van der Waals surface area (Å²) in [5, 5.41) is -1.87. The van der Waals surface area contributed by atoms with E-state index in [-0.39, 0.29) is 44.8 Å². The topological polar surface area (TPSA) is 109 Å². The van der Waals surface area contributed by atoms with Gasteiger partial charge in [0.1, 0.15) is 0 Å². The van der Waals surface area contributed by atoms with E-state index in [9.17, 15) is 55.1 Å². The van der Waals surface area contributed by atoms with Crippen LogP contribution in [0.5, 0.6) is 0 Å². The molecule has 0 aromatic heterocycles. The van der Waals surface area contributed by atoms with Crippen molar-refractivity contribution in [1.82, 2.24) is 0 Å². The molecule has 0 aliphatic carbocycles. The second kappa shape index (κ2) is 11.4. The van der Waals surface area contributed by atoms with Crippen LogP contribution in [0, 0.1) is 0 Å². The van der Waals surface area contributed by atoms with Crippen molar-refractivity contribution in [2.75, 3.05) is 9.80 Å². The molecule has 4 amide bonds. The lowest BCUT2D eigenvalue weighted by atomic mass is 9.73. The number of amides is 4. The molecule has 0 N–H and O–H groups in total. The van der Waals surface area contributed by atoms with E-state index >= 15 is 0 Å². The number of benzene rings is 4. The van der Waals surface area contributed by atoms with Gasteiger partial charge in [0.25, 0.3) is 34.1 Å². The SMILES string of the molecule is O=C(Cl)c1ccc2c(c1)C(=O)N(c1ccc(C(c3ccc(N4C(=O)c5ccc(C(=O)Cl)cc5C4=O)cc3)(C(F)(F)F)C(F)(F)F)cc1)C2=O. The molecule has 4 aromatic carbocycles. The summed E-state index contributed by atoms with van der Waals surface area (Å²) in [7, 11) is 0. The number of hydrogen-bond donors (Lipinski definition) is 0. The summed E-state index contributed by atoms with van der Waals surface area (Å²) in [6, 6.07) is 11.6. The third-order valence-corrected chi connectivity index (χ3v) is 8.63. The molecule has 0 bridgehead atoms. The first-order valence-corrected chi connectivity index (χ1v) is 14.5. The Morgan fingerprint density at radius 2 is 0.776 bits per heavy atom. The standard InChI is InChI=1S/C33H14Cl2F6N2O6/c34-25(44)15-1-11-21-23(13-15)29(48)42(27(21)46)19-7-3-17(4-8-19)31(32(36,37)38,33(39,40)41)18-5-9-20(10-6-18)43-28(47)22-12-2-16(26(35)45)14-24(22)30(43)49/h1-14H. The molecule has 0 radical (unpaired) electrons. The number of imide groups is 2. The number of nitrogens with zero attached hydrogens (tertiary/aromatic N) is 2. The number of rotatable bonds is 6. The molecule has 0 spiro atoms. The summed E-state index contributed by atoms with van der Waals surface area (Å²) < 4.78 is 88.9. The minimum atomic E-state index is -6.02. The second-order valence-corrected chi connectivity index (χ2v) is 11.5. The highest BCUT2D eigenvalue weighted by atomic mass is 35.5. The predicted molar refractivity (Wildman–Crippen MR) is 161 cm³/mol. The highest BCUT2D eigenvalue weighted by Crippen LogP contribution is 2.56. The molecule has 0 fully saturated rings. The predicted octanol–water partition coefficient (Wildman–Crippen LogP) is 7.46.